The number of carbonyl (C=O) groups is 1. The first-order valence-electron chi connectivity index (χ1n) is 8.48. The van der Waals surface area contributed by atoms with Crippen LogP contribution in [0.3, 0.4) is 0 Å². The number of rotatable bonds is 3. The van der Waals surface area contributed by atoms with Crippen molar-refractivity contribution in [1.82, 2.24) is 4.98 Å². The minimum atomic E-state index is -0.753. The third-order valence-corrected chi connectivity index (χ3v) is 5.40. The van der Waals surface area contributed by atoms with Gasteiger partial charge >= 0.3 is 6.09 Å². The second-order valence-electron chi connectivity index (χ2n) is 6.32. The van der Waals surface area contributed by atoms with Crippen molar-refractivity contribution in [2.75, 3.05) is 18.0 Å². The fourth-order valence-corrected chi connectivity index (χ4v) is 3.71. The normalized spacial score (nSPS) is 14.7. The van der Waals surface area contributed by atoms with E-state index in [4.69, 9.17) is 33.7 Å². The number of amides is 1. The molecule has 0 radical (unpaired) electrons. The van der Waals surface area contributed by atoms with Gasteiger partial charge in [0.15, 0.2) is 0 Å². The average molecular weight is 405 g/mol. The van der Waals surface area contributed by atoms with Crippen molar-refractivity contribution < 1.29 is 9.53 Å². The molecule has 0 unspecified atom stereocenters. The van der Waals surface area contributed by atoms with E-state index in [9.17, 15) is 10.1 Å². The molecule has 1 saturated heterocycles. The molecule has 1 aromatic carbocycles. The van der Waals surface area contributed by atoms with Crippen LogP contribution in [-0.2, 0) is 4.74 Å². The van der Waals surface area contributed by atoms with Crippen molar-refractivity contribution in [3.05, 3.63) is 45.6 Å². The van der Waals surface area contributed by atoms with E-state index in [0.717, 1.165) is 0 Å². The number of nitrogens with two attached hydrogens (primary N) is 1. The molecule has 1 amide bonds. The van der Waals surface area contributed by atoms with Gasteiger partial charge in [-0.3, -0.25) is 0 Å². The molecule has 1 aliphatic heterocycles. The molecule has 0 saturated carbocycles. The largest absolute Gasteiger partial charge is 0.446 e. The van der Waals surface area contributed by atoms with Gasteiger partial charge in [0.2, 0.25) is 0 Å². The first kappa shape index (κ1) is 19.3. The molecule has 2 heterocycles. The monoisotopic (exact) mass is 404 g/mol. The number of nitriles is 1. The van der Waals surface area contributed by atoms with Crippen LogP contribution < -0.4 is 10.6 Å². The summed E-state index contributed by atoms with van der Waals surface area (Å²) in [5.74, 6) is 0.712. The first-order chi connectivity index (χ1) is 12.9. The molecule has 27 heavy (non-hydrogen) atoms. The lowest BCUT2D eigenvalue weighted by molar-refractivity contribution is 0.0911. The van der Waals surface area contributed by atoms with Gasteiger partial charge in [-0.2, -0.15) is 5.26 Å². The van der Waals surface area contributed by atoms with Crippen LogP contribution in [0.15, 0.2) is 24.3 Å². The van der Waals surface area contributed by atoms with Crippen molar-refractivity contribution >= 4 is 35.1 Å². The number of pyridine rings is 1. The van der Waals surface area contributed by atoms with Gasteiger partial charge in [0, 0.05) is 42.8 Å². The van der Waals surface area contributed by atoms with E-state index in [1.807, 2.05) is 13.0 Å². The second kappa shape index (κ2) is 8.03. The zero-order valence-electron chi connectivity index (χ0n) is 14.7. The van der Waals surface area contributed by atoms with Crippen molar-refractivity contribution in [1.29, 1.82) is 5.26 Å². The Hall–Kier alpha value is -2.49. The fourth-order valence-electron chi connectivity index (χ4n) is 3.31. The number of aryl methyl sites for hydroxylation is 1. The number of benzene rings is 1. The highest BCUT2D eigenvalue weighted by Gasteiger charge is 2.24. The highest BCUT2D eigenvalue weighted by Crippen LogP contribution is 2.37. The van der Waals surface area contributed by atoms with Gasteiger partial charge in [0.25, 0.3) is 0 Å². The molecule has 140 valence electrons. The predicted molar refractivity (Wildman–Crippen MR) is 105 cm³/mol. The number of halogens is 2. The van der Waals surface area contributed by atoms with E-state index < -0.39 is 6.09 Å². The van der Waals surface area contributed by atoms with Gasteiger partial charge in [0.05, 0.1) is 21.7 Å². The van der Waals surface area contributed by atoms with E-state index in [1.54, 1.807) is 18.2 Å². The molecule has 6 nitrogen and oxygen atoms in total. The third kappa shape index (κ3) is 4.10. The lowest BCUT2D eigenvalue weighted by Crippen LogP contribution is -2.39. The summed E-state index contributed by atoms with van der Waals surface area (Å²) in [5.41, 5.74) is 7.63. The predicted octanol–water partition coefficient (Wildman–Crippen LogP) is 4.30. The quantitative estimate of drug-likeness (QED) is 0.822. The summed E-state index contributed by atoms with van der Waals surface area (Å²) in [6, 6.07) is 9.32. The number of nitrogens with zero attached hydrogens (tertiary/aromatic N) is 3. The Labute approximate surface area is 167 Å². The number of hydrogen-bond donors (Lipinski definition) is 1. The topological polar surface area (TPSA) is 92.2 Å². The maximum absolute atomic E-state index is 10.9. The van der Waals surface area contributed by atoms with Gasteiger partial charge in [-0.25, -0.2) is 9.78 Å². The molecule has 0 bridgehead atoms. The number of ether oxygens (including phenoxy) is 1. The highest BCUT2D eigenvalue weighted by molar-refractivity contribution is 6.43. The van der Waals surface area contributed by atoms with Crippen LogP contribution in [0.4, 0.5) is 10.6 Å². The van der Waals surface area contributed by atoms with Gasteiger partial charge in [-0.1, -0.05) is 35.3 Å². The lowest BCUT2D eigenvalue weighted by atomic mass is 9.98. The van der Waals surface area contributed by atoms with Crippen LogP contribution in [0, 0.1) is 18.3 Å². The Morgan fingerprint density at radius 1 is 1.37 bits per heavy atom. The minimum absolute atomic E-state index is 0.181. The average Bonchev–Trinajstić information content (AvgIpc) is 2.64. The zero-order chi connectivity index (χ0) is 19.6. The summed E-state index contributed by atoms with van der Waals surface area (Å²) in [4.78, 5) is 17.6. The Morgan fingerprint density at radius 2 is 2.07 bits per heavy atom. The first-order valence-corrected chi connectivity index (χ1v) is 9.23. The van der Waals surface area contributed by atoms with Crippen LogP contribution in [-0.4, -0.2) is 30.3 Å². The third-order valence-electron chi connectivity index (χ3n) is 4.58. The van der Waals surface area contributed by atoms with E-state index in [0.29, 0.717) is 64.2 Å². The molecule has 2 N–H and O–H groups in total. The number of aromatic nitrogens is 1. The maximum atomic E-state index is 10.9. The maximum Gasteiger partial charge on any atom is 0.404 e. The molecule has 8 heteroatoms. The van der Waals surface area contributed by atoms with E-state index >= 15 is 0 Å². The van der Waals surface area contributed by atoms with Gasteiger partial charge < -0.3 is 15.4 Å². The number of carbonyl (C=O) groups excluding carboxylic acids is 1. The molecule has 1 fully saturated rings. The second-order valence-corrected chi connectivity index (χ2v) is 7.11. The summed E-state index contributed by atoms with van der Waals surface area (Å²) in [6.07, 6.45) is 0.387. The molecule has 1 aliphatic rings. The van der Waals surface area contributed by atoms with Gasteiger partial charge in [0.1, 0.15) is 11.9 Å². The van der Waals surface area contributed by atoms with E-state index in [-0.39, 0.29) is 6.10 Å². The van der Waals surface area contributed by atoms with Crippen molar-refractivity contribution in [3.63, 3.8) is 0 Å². The van der Waals surface area contributed by atoms with E-state index in [1.165, 1.54) is 0 Å². The van der Waals surface area contributed by atoms with Crippen LogP contribution in [0.5, 0.6) is 0 Å². The van der Waals surface area contributed by atoms with Crippen molar-refractivity contribution in [2.45, 2.75) is 25.9 Å². The van der Waals surface area contributed by atoms with Crippen molar-refractivity contribution in [3.8, 4) is 17.2 Å². The van der Waals surface area contributed by atoms with Crippen LogP contribution in [0.25, 0.3) is 11.1 Å². The summed E-state index contributed by atoms with van der Waals surface area (Å²) in [6.45, 7) is 3.17. The molecule has 0 aliphatic carbocycles. The SMILES string of the molecule is Cc1nc(N2CCC(OC(N)=O)CC2)cc(C#N)c1-c1cccc(Cl)c1Cl. The molecular formula is C19H18Cl2N4O2. The fraction of sp³-hybridized carbons (Fsp3) is 0.316. The lowest BCUT2D eigenvalue weighted by Gasteiger charge is -2.32. The Balaban J connectivity index is 1.91. The molecule has 1 aromatic heterocycles. The number of anilines is 1. The summed E-state index contributed by atoms with van der Waals surface area (Å²) in [7, 11) is 0. The van der Waals surface area contributed by atoms with Crippen LogP contribution in [0.2, 0.25) is 10.0 Å². The van der Waals surface area contributed by atoms with Crippen LogP contribution >= 0.6 is 23.2 Å². The zero-order valence-corrected chi connectivity index (χ0v) is 16.2. The van der Waals surface area contributed by atoms with E-state index in [2.05, 4.69) is 16.0 Å². The number of primary amides is 1. The molecular weight excluding hydrogens is 387 g/mol. The van der Waals surface area contributed by atoms with Crippen LogP contribution in [0.1, 0.15) is 24.1 Å². The number of hydrogen-bond acceptors (Lipinski definition) is 5. The smallest absolute Gasteiger partial charge is 0.404 e. The minimum Gasteiger partial charge on any atom is -0.446 e. The van der Waals surface area contributed by atoms with Gasteiger partial charge in [-0.05, 0) is 19.1 Å². The molecule has 0 atom stereocenters. The summed E-state index contributed by atoms with van der Waals surface area (Å²) >= 11 is 12.5. The highest BCUT2D eigenvalue weighted by atomic mass is 35.5. The standard InChI is InChI=1S/C19H18Cl2N4O2/c1-11-17(14-3-2-4-15(20)18(14)21)12(10-22)9-16(24-11)25-7-5-13(6-8-25)27-19(23)26/h2-4,9,13H,5-8H2,1H3,(H2,23,26). The summed E-state index contributed by atoms with van der Waals surface area (Å²) < 4.78 is 5.06. The Bertz CT molecular complexity index is 919. The molecule has 0 spiro atoms. The Kier molecular flexibility index (Phi) is 5.73. The molecule has 2 aromatic rings. The molecule has 3 rings (SSSR count). The number of piperidine rings is 1. The summed E-state index contributed by atoms with van der Waals surface area (Å²) in [5, 5.41) is 10.5. The van der Waals surface area contributed by atoms with Gasteiger partial charge in [-0.15, -0.1) is 0 Å². The van der Waals surface area contributed by atoms with Crippen molar-refractivity contribution in [2.24, 2.45) is 5.73 Å². The Morgan fingerprint density at radius 3 is 2.70 bits per heavy atom.